The Bertz CT molecular complexity index is 1520. The fourth-order valence-corrected chi connectivity index (χ4v) is 5.05. The van der Waals surface area contributed by atoms with Crippen LogP contribution in [0.4, 0.5) is 19.1 Å². The molecule has 5 rings (SSSR count). The molecule has 1 fully saturated rings. The first-order valence-corrected chi connectivity index (χ1v) is 14.8. The lowest BCUT2D eigenvalue weighted by molar-refractivity contribution is 0.00819. The number of phenols is 1. The van der Waals surface area contributed by atoms with Crippen molar-refractivity contribution in [3.8, 4) is 22.8 Å². The Balaban J connectivity index is 0.00000104. The van der Waals surface area contributed by atoms with Gasteiger partial charge in [0.25, 0.3) is 0 Å². The molecule has 2 heterocycles. The quantitative estimate of drug-likeness (QED) is 0.140. The van der Waals surface area contributed by atoms with Gasteiger partial charge in [-0.05, 0) is 59.7 Å². The predicted octanol–water partition coefficient (Wildman–Crippen LogP) is 7.56. The minimum absolute atomic E-state index is 0.210. The van der Waals surface area contributed by atoms with E-state index >= 15 is 0 Å². The maximum absolute atomic E-state index is 9.74. The van der Waals surface area contributed by atoms with Crippen molar-refractivity contribution >= 4 is 29.2 Å². The summed E-state index contributed by atoms with van der Waals surface area (Å²) in [5, 5.41) is 18.1. The lowest BCUT2D eigenvalue weighted by atomic mass is 9.94. The number of alkyl halides is 3. The summed E-state index contributed by atoms with van der Waals surface area (Å²) in [6.45, 7) is 2.73. The topological polar surface area (TPSA) is 84.6 Å². The Hall–Kier alpha value is -4.09. The van der Waals surface area contributed by atoms with Crippen molar-refractivity contribution in [2.75, 3.05) is 25.1 Å². The smallest absolute Gasteiger partial charge is 0.379 e. The zero-order valence-electron chi connectivity index (χ0n) is 24.7. The van der Waals surface area contributed by atoms with Gasteiger partial charge in [0.2, 0.25) is 5.95 Å². The number of rotatable bonds is 10. The molecule has 11 heteroatoms. The highest BCUT2D eigenvalue weighted by atomic mass is 32.1. The fraction of sp³-hybridized carbons (Fsp3) is 0.333. The number of hydrogen-bond acceptors (Lipinski definition) is 7. The molecule has 0 spiro atoms. The minimum Gasteiger partial charge on any atom is -0.508 e. The number of hydrogen-bond donors (Lipinski definition) is 2. The second-order valence-corrected chi connectivity index (χ2v) is 11.2. The highest BCUT2D eigenvalue weighted by Gasteiger charge is 2.19. The van der Waals surface area contributed by atoms with E-state index in [1.807, 2.05) is 42.6 Å². The summed E-state index contributed by atoms with van der Waals surface area (Å²) >= 11 is 5.64. The molecule has 3 aromatic carbocycles. The zero-order chi connectivity index (χ0) is 31.5. The second-order valence-electron chi connectivity index (χ2n) is 10.6. The number of nitrogens with zero attached hydrogens (tertiary/aromatic N) is 4. The SMILES string of the molecule is CC(C)c1ccccc1CC(=S)CN=Cc1ccc(-c2nc(NC3CCOCC3)n(-c3ccc(O)cc3)n2)cc1.FC(F)F. The van der Waals surface area contributed by atoms with Gasteiger partial charge in [0.1, 0.15) is 5.75 Å². The van der Waals surface area contributed by atoms with E-state index in [1.165, 1.54) is 11.1 Å². The summed E-state index contributed by atoms with van der Waals surface area (Å²) in [5.74, 6) is 1.97. The zero-order valence-corrected chi connectivity index (χ0v) is 25.5. The van der Waals surface area contributed by atoms with Crippen LogP contribution in [0.1, 0.15) is 49.3 Å². The van der Waals surface area contributed by atoms with E-state index in [2.05, 4.69) is 48.4 Å². The number of aromatic hydroxyl groups is 1. The molecule has 2 N–H and O–H groups in total. The summed E-state index contributed by atoms with van der Waals surface area (Å²) in [5.41, 5.74) is 5.35. The number of anilines is 1. The van der Waals surface area contributed by atoms with E-state index in [-0.39, 0.29) is 11.8 Å². The average molecular weight is 624 g/mol. The van der Waals surface area contributed by atoms with Crippen molar-refractivity contribution in [2.24, 2.45) is 4.99 Å². The van der Waals surface area contributed by atoms with Gasteiger partial charge in [-0.15, -0.1) is 5.10 Å². The van der Waals surface area contributed by atoms with Crippen LogP contribution >= 0.6 is 12.2 Å². The minimum atomic E-state index is -3.67. The third-order valence-corrected chi connectivity index (χ3v) is 7.27. The molecule has 7 nitrogen and oxygen atoms in total. The Labute approximate surface area is 260 Å². The van der Waals surface area contributed by atoms with Crippen LogP contribution in [0.3, 0.4) is 0 Å². The number of halogens is 3. The molecule has 1 aliphatic rings. The van der Waals surface area contributed by atoms with Crippen molar-refractivity contribution in [2.45, 2.75) is 51.7 Å². The highest BCUT2D eigenvalue weighted by Crippen LogP contribution is 2.25. The monoisotopic (exact) mass is 623 g/mol. The highest BCUT2D eigenvalue weighted by molar-refractivity contribution is 7.80. The Morgan fingerprint density at radius 2 is 1.70 bits per heavy atom. The number of aromatic nitrogens is 3. The molecule has 0 radical (unpaired) electrons. The Morgan fingerprint density at radius 3 is 2.36 bits per heavy atom. The molecule has 1 aliphatic heterocycles. The second kappa shape index (κ2) is 16.1. The Kier molecular flexibility index (Phi) is 12.0. The maximum Gasteiger partial charge on any atom is 0.379 e. The van der Waals surface area contributed by atoms with E-state index in [0.717, 1.165) is 54.2 Å². The summed E-state index contributed by atoms with van der Waals surface area (Å²) < 4.78 is 36.3. The molecule has 1 aromatic heterocycles. The number of aliphatic imine (C=N–C) groups is 1. The molecule has 232 valence electrons. The van der Waals surface area contributed by atoms with Crippen LogP contribution in [-0.2, 0) is 11.2 Å². The van der Waals surface area contributed by atoms with Crippen LogP contribution in [0.15, 0.2) is 77.8 Å². The van der Waals surface area contributed by atoms with Gasteiger partial charge in [-0.3, -0.25) is 4.99 Å². The van der Waals surface area contributed by atoms with Crippen molar-refractivity contribution in [3.05, 3.63) is 89.5 Å². The standard InChI is InChI=1S/C32H35N5O2S.CHF3/c1-22(2)30-6-4-3-5-25(30)19-29(40)21-33-20-23-7-9-24(10-8-23)31-35-32(34-26-15-17-39-18-16-26)37(36-31)27-11-13-28(38)14-12-27;2-1(3)4/h3-14,20,22,26,38H,15-19,21H2,1-2H3,(H,34,35,36);1H. The van der Waals surface area contributed by atoms with E-state index in [9.17, 15) is 18.3 Å². The van der Waals surface area contributed by atoms with Crippen molar-refractivity contribution in [1.82, 2.24) is 14.8 Å². The first-order valence-electron chi connectivity index (χ1n) is 14.4. The van der Waals surface area contributed by atoms with Crippen LogP contribution in [0.2, 0.25) is 0 Å². The van der Waals surface area contributed by atoms with E-state index in [1.54, 1.807) is 16.8 Å². The summed E-state index contributed by atoms with van der Waals surface area (Å²) in [6.07, 6.45) is 4.46. The molecular weight excluding hydrogens is 587 g/mol. The lowest BCUT2D eigenvalue weighted by Gasteiger charge is -2.23. The number of benzene rings is 3. The fourth-order valence-electron chi connectivity index (χ4n) is 4.82. The number of phenolic OH excluding ortho intramolecular Hbond substituents is 1. The normalized spacial score (nSPS) is 13.7. The molecular formula is C33H36F3N5O2S. The third kappa shape index (κ3) is 9.72. The molecule has 0 saturated carbocycles. The predicted molar refractivity (Wildman–Crippen MR) is 172 cm³/mol. The number of nitrogens with one attached hydrogen (secondary N) is 1. The van der Waals surface area contributed by atoms with Crippen LogP contribution < -0.4 is 5.32 Å². The summed E-state index contributed by atoms with van der Waals surface area (Å²) in [6, 6.07) is 23.8. The van der Waals surface area contributed by atoms with Crippen LogP contribution in [0.5, 0.6) is 5.75 Å². The van der Waals surface area contributed by atoms with Gasteiger partial charge < -0.3 is 15.2 Å². The van der Waals surface area contributed by atoms with E-state index < -0.39 is 6.68 Å². The molecule has 1 saturated heterocycles. The largest absolute Gasteiger partial charge is 0.508 e. The number of thiocarbonyl (C=S) groups is 1. The van der Waals surface area contributed by atoms with Crippen LogP contribution in [0, 0.1) is 0 Å². The number of ether oxygens (including phenoxy) is 1. The Morgan fingerprint density at radius 1 is 1.05 bits per heavy atom. The molecule has 0 aliphatic carbocycles. The van der Waals surface area contributed by atoms with E-state index in [0.29, 0.717) is 24.2 Å². The van der Waals surface area contributed by atoms with Crippen molar-refractivity contribution < 1.29 is 23.0 Å². The molecule has 0 bridgehead atoms. The third-order valence-electron chi connectivity index (χ3n) is 7.00. The summed E-state index contributed by atoms with van der Waals surface area (Å²) in [4.78, 5) is 10.4. The average Bonchev–Trinajstić information content (AvgIpc) is 3.42. The first kappa shape index (κ1) is 32.8. The van der Waals surface area contributed by atoms with Gasteiger partial charge in [-0.2, -0.15) is 22.8 Å². The molecule has 0 amide bonds. The van der Waals surface area contributed by atoms with Gasteiger partial charge in [-0.25, -0.2) is 0 Å². The van der Waals surface area contributed by atoms with Gasteiger partial charge in [0, 0.05) is 42.3 Å². The molecule has 44 heavy (non-hydrogen) atoms. The van der Waals surface area contributed by atoms with Crippen molar-refractivity contribution in [1.29, 1.82) is 0 Å². The van der Waals surface area contributed by atoms with Gasteiger partial charge in [0.05, 0.1) is 12.2 Å². The van der Waals surface area contributed by atoms with Crippen molar-refractivity contribution in [3.63, 3.8) is 0 Å². The molecule has 0 atom stereocenters. The van der Waals surface area contributed by atoms with Crippen LogP contribution in [-0.4, -0.2) is 63.4 Å². The first-order chi connectivity index (χ1) is 21.2. The summed E-state index contributed by atoms with van der Waals surface area (Å²) in [7, 11) is 0. The van der Waals surface area contributed by atoms with E-state index in [4.69, 9.17) is 27.0 Å². The van der Waals surface area contributed by atoms with Gasteiger partial charge in [-0.1, -0.05) is 74.6 Å². The molecule has 4 aromatic rings. The van der Waals surface area contributed by atoms with Gasteiger partial charge in [0.15, 0.2) is 5.82 Å². The van der Waals surface area contributed by atoms with Gasteiger partial charge >= 0.3 is 6.68 Å². The van der Waals surface area contributed by atoms with Crippen LogP contribution in [0.25, 0.3) is 17.1 Å². The lowest BCUT2D eigenvalue weighted by Crippen LogP contribution is -2.29. The maximum atomic E-state index is 9.74. The molecule has 0 unspecified atom stereocenters.